The molecule has 0 aliphatic carbocycles. The molecule has 0 aliphatic heterocycles. The Morgan fingerprint density at radius 3 is 2.88 bits per heavy atom. The fourth-order valence-corrected chi connectivity index (χ4v) is 1.30. The van der Waals surface area contributed by atoms with Crippen LogP contribution >= 0.6 is 0 Å². The van der Waals surface area contributed by atoms with E-state index in [1.165, 1.54) is 23.1 Å². The highest BCUT2D eigenvalue weighted by Gasteiger charge is 2.10. The van der Waals surface area contributed by atoms with Crippen molar-refractivity contribution in [1.82, 2.24) is 4.90 Å². The topological polar surface area (TPSA) is 58.4 Å². The molecule has 2 amide bonds. The van der Waals surface area contributed by atoms with E-state index >= 15 is 0 Å². The number of nitrogens with one attached hydrogen (secondary N) is 1. The lowest BCUT2D eigenvalue weighted by Gasteiger charge is -2.19. The highest BCUT2D eigenvalue weighted by Crippen LogP contribution is 2.09. The second-order valence-corrected chi connectivity index (χ2v) is 3.80. The molecule has 1 aromatic rings. The molecule has 0 heterocycles. The van der Waals surface area contributed by atoms with Crippen LogP contribution in [0.4, 0.5) is 14.9 Å². The Bertz CT molecular complexity index is 368. The summed E-state index contributed by atoms with van der Waals surface area (Å²) in [4.78, 5) is 13.0. The van der Waals surface area contributed by atoms with Gasteiger partial charge in [0, 0.05) is 25.3 Å². The number of nitrogens with two attached hydrogens (primary N) is 1. The van der Waals surface area contributed by atoms with E-state index in [0.29, 0.717) is 12.2 Å². The predicted octanol–water partition coefficient (Wildman–Crippen LogP) is 1.64. The summed E-state index contributed by atoms with van der Waals surface area (Å²) in [5.41, 5.74) is 6.00. The van der Waals surface area contributed by atoms with Crippen LogP contribution in [0.3, 0.4) is 0 Å². The highest BCUT2D eigenvalue weighted by molar-refractivity contribution is 5.89. The molecule has 16 heavy (non-hydrogen) atoms. The summed E-state index contributed by atoms with van der Waals surface area (Å²) in [7, 11) is 1.64. The number of amides is 2. The van der Waals surface area contributed by atoms with Gasteiger partial charge in [0.15, 0.2) is 0 Å². The number of carbonyl (C=O) groups is 1. The number of hydrogen-bond acceptors (Lipinski definition) is 2. The molecule has 0 saturated carbocycles. The molecule has 4 nitrogen and oxygen atoms in total. The van der Waals surface area contributed by atoms with Crippen LogP contribution in [0.2, 0.25) is 0 Å². The highest BCUT2D eigenvalue weighted by atomic mass is 19.1. The molecule has 1 rings (SSSR count). The van der Waals surface area contributed by atoms with Gasteiger partial charge in [0.05, 0.1) is 0 Å². The van der Waals surface area contributed by atoms with Gasteiger partial charge in [-0.3, -0.25) is 0 Å². The first-order chi connectivity index (χ1) is 7.49. The fourth-order valence-electron chi connectivity index (χ4n) is 1.30. The van der Waals surface area contributed by atoms with Gasteiger partial charge in [-0.25, -0.2) is 9.18 Å². The minimum absolute atomic E-state index is 0.0942. The van der Waals surface area contributed by atoms with Crippen molar-refractivity contribution in [3.63, 3.8) is 0 Å². The van der Waals surface area contributed by atoms with Crippen molar-refractivity contribution in [3.05, 3.63) is 30.1 Å². The molecule has 0 bridgehead atoms. The van der Waals surface area contributed by atoms with E-state index < -0.39 is 0 Å². The van der Waals surface area contributed by atoms with Gasteiger partial charge in [0.1, 0.15) is 5.82 Å². The van der Waals surface area contributed by atoms with Crippen molar-refractivity contribution in [2.24, 2.45) is 5.73 Å². The SMILES string of the molecule is CC(N)CN(C)C(=O)Nc1cccc(F)c1. The zero-order valence-corrected chi connectivity index (χ0v) is 9.40. The first-order valence-corrected chi connectivity index (χ1v) is 5.02. The van der Waals surface area contributed by atoms with Crippen molar-refractivity contribution in [3.8, 4) is 0 Å². The monoisotopic (exact) mass is 225 g/mol. The molecule has 1 atom stereocenters. The third kappa shape index (κ3) is 3.86. The van der Waals surface area contributed by atoms with E-state index in [0.717, 1.165) is 0 Å². The largest absolute Gasteiger partial charge is 0.326 e. The number of rotatable bonds is 3. The Morgan fingerprint density at radius 1 is 1.62 bits per heavy atom. The maximum Gasteiger partial charge on any atom is 0.321 e. The van der Waals surface area contributed by atoms with Gasteiger partial charge >= 0.3 is 6.03 Å². The maximum atomic E-state index is 12.8. The first kappa shape index (κ1) is 12.4. The zero-order chi connectivity index (χ0) is 12.1. The Labute approximate surface area is 94.2 Å². The van der Waals surface area contributed by atoms with Crippen LogP contribution < -0.4 is 11.1 Å². The van der Waals surface area contributed by atoms with E-state index in [2.05, 4.69) is 5.32 Å². The van der Waals surface area contributed by atoms with Gasteiger partial charge in [0.25, 0.3) is 0 Å². The van der Waals surface area contributed by atoms with E-state index in [-0.39, 0.29) is 17.9 Å². The second-order valence-electron chi connectivity index (χ2n) is 3.80. The van der Waals surface area contributed by atoms with Crippen molar-refractivity contribution in [2.75, 3.05) is 18.9 Å². The summed E-state index contributed by atoms with van der Waals surface area (Å²) in [5.74, 6) is -0.382. The lowest BCUT2D eigenvalue weighted by atomic mass is 10.3. The predicted molar refractivity (Wildman–Crippen MR) is 61.7 cm³/mol. The minimum Gasteiger partial charge on any atom is -0.326 e. The number of hydrogen-bond donors (Lipinski definition) is 2. The van der Waals surface area contributed by atoms with Crippen molar-refractivity contribution in [2.45, 2.75) is 13.0 Å². The summed E-state index contributed by atoms with van der Waals surface area (Å²) in [6.07, 6.45) is 0. The normalized spacial score (nSPS) is 12.0. The lowest BCUT2D eigenvalue weighted by molar-refractivity contribution is 0.220. The quantitative estimate of drug-likeness (QED) is 0.821. The van der Waals surface area contributed by atoms with Crippen molar-refractivity contribution in [1.29, 1.82) is 0 Å². The molecule has 88 valence electrons. The summed E-state index contributed by atoms with van der Waals surface area (Å²) in [5, 5.41) is 2.58. The van der Waals surface area contributed by atoms with Crippen LogP contribution in [0.25, 0.3) is 0 Å². The van der Waals surface area contributed by atoms with Crippen molar-refractivity contribution >= 4 is 11.7 Å². The molecule has 3 N–H and O–H groups in total. The second kappa shape index (κ2) is 5.46. The van der Waals surface area contributed by atoms with Gasteiger partial charge in [-0.15, -0.1) is 0 Å². The Morgan fingerprint density at radius 2 is 2.31 bits per heavy atom. The number of anilines is 1. The van der Waals surface area contributed by atoms with Gasteiger partial charge in [-0.1, -0.05) is 6.07 Å². The van der Waals surface area contributed by atoms with Crippen molar-refractivity contribution < 1.29 is 9.18 Å². The molecule has 1 aromatic carbocycles. The number of carbonyl (C=O) groups excluding carboxylic acids is 1. The number of urea groups is 1. The number of likely N-dealkylation sites (N-methyl/N-ethyl adjacent to an activating group) is 1. The third-order valence-electron chi connectivity index (χ3n) is 1.98. The van der Waals surface area contributed by atoms with Gasteiger partial charge < -0.3 is 16.0 Å². The number of benzene rings is 1. The number of halogens is 1. The average Bonchev–Trinajstić information content (AvgIpc) is 2.16. The van der Waals surface area contributed by atoms with Crippen LogP contribution in [0, 0.1) is 5.82 Å². The summed E-state index contributed by atoms with van der Waals surface area (Å²) >= 11 is 0. The number of nitrogens with zero attached hydrogens (tertiary/aromatic N) is 1. The summed E-state index contributed by atoms with van der Waals surface area (Å²) < 4.78 is 12.8. The van der Waals surface area contributed by atoms with Gasteiger partial charge in [-0.05, 0) is 25.1 Å². The minimum atomic E-state index is -0.382. The molecule has 0 spiro atoms. The molecule has 0 radical (unpaired) electrons. The van der Waals surface area contributed by atoms with Gasteiger partial charge in [0.2, 0.25) is 0 Å². The van der Waals surface area contributed by atoms with Crippen LogP contribution in [-0.2, 0) is 0 Å². The standard InChI is InChI=1S/C11H16FN3O/c1-8(13)7-15(2)11(16)14-10-5-3-4-9(12)6-10/h3-6,8H,7,13H2,1-2H3,(H,14,16). The molecular formula is C11H16FN3O. The summed E-state index contributed by atoms with van der Waals surface area (Å²) in [6.45, 7) is 2.26. The molecule has 5 heteroatoms. The van der Waals surface area contributed by atoms with E-state index in [1.54, 1.807) is 13.1 Å². The molecule has 1 unspecified atom stereocenters. The molecular weight excluding hydrogens is 209 g/mol. The fraction of sp³-hybridized carbons (Fsp3) is 0.364. The summed E-state index contributed by atoms with van der Waals surface area (Å²) in [6, 6.07) is 5.35. The molecule has 0 fully saturated rings. The van der Waals surface area contributed by atoms with Crippen LogP contribution in [0.1, 0.15) is 6.92 Å². The Hall–Kier alpha value is -1.62. The molecule has 0 saturated heterocycles. The van der Waals surface area contributed by atoms with E-state index in [4.69, 9.17) is 5.73 Å². The lowest BCUT2D eigenvalue weighted by Crippen LogP contribution is -2.39. The van der Waals surface area contributed by atoms with E-state index in [1.807, 2.05) is 6.92 Å². The van der Waals surface area contributed by atoms with E-state index in [9.17, 15) is 9.18 Å². The smallest absolute Gasteiger partial charge is 0.321 e. The third-order valence-corrected chi connectivity index (χ3v) is 1.98. The van der Waals surface area contributed by atoms with Crippen LogP contribution in [-0.4, -0.2) is 30.6 Å². The molecule has 0 aliphatic rings. The molecule has 0 aromatic heterocycles. The van der Waals surface area contributed by atoms with Gasteiger partial charge in [-0.2, -0.15) is 0 Å². The zero-order valence-electron chi connectivity index (χ0n) is 9.40. The average molecular weight is 225 g/mol. The Kier molecular flexibility index (Phi) is 4.25. The maximum absolute atomic E-state index is 12.8. The van der Waals surface area contributed by atoms with Crippen LogP contribution in [0.5, 0.6) is 0 Å². The first-order valence-electron chi connectivity index (χ1n) is 5.02. The van der Waals surface area contributed by atoms with Crippen LogP contribution in [0.15, 0.2) is 24.3 Å². The Balaban J connectivity index is 2.57.